The summed E-state index contributed by atoms with van der Waals surface area (Å²) in [6.07, 6.45) is 1.67. The second-order valence-corrected chi connectivity index (χ2v) is 4.85. The Hall–Kier alpha value is -3.48. The number of nitro benzene ring substituents is 1. The average molecular weight is 323 g/mol. The van der Waals surface area contributed by atoms with Gasteiger partial charge in [-0.2, -0.15) is 4.98 Å². The number of non-ortho nitro benzene ring substituents is 1. The highest BCUT2D eigenvalue weighted by Crippen LogP contribution is 2.26. The zero-order chi connectivity index (χ0) is 16.9. The fourth-order valence-electron chi connectivity index (χ4n) is 2.07. The number of benzene rings is 2. The number of ether oxygens (including phenoxy) is 1. The van der Waals surface area contributed by atoms with Gasteiger partial charge >= 0.3 is 0 Å². The molecule has 0 amide bonds. The van der Waals surface area contributed by atoms with Crippen molar-refractivity contribution in [3.8, 4) is 28.6 Å². The van der Waals surface area contributed by atoms with Gasteiger partial charge in [0.15, 0.2) is 0 Å². The van der Waals surface area contributed by atoms with Crippen LogP contribution in [0.4, 0.5) is 5.69 Å². The van der Waals surface area contributed by atoms with E-state index in [4.69, 9.17) is 9.26 Å². The molecule has 0 aliphatic carbocycles. The van der Waals surface area contributed by atoms with Crippen molar-refractivity contribution in [2.24, 2.45) is 0 Å². The van der Waals surface area contributed by atoms with Gasteiger partial charge in [-0.15, -0.1) is 0 Å². The zero-order valence-electron chi connectivity index (χ0n) is 12.6. The van der Waals surface area contributed by atoms with Crippen LogP contribution in [0.1, 0.15) is 0 Å². The van der Waals surface area contributed by atoms with E-state index < -0.39 is 4.92 Å². The Kier molecular flexibility index (Phi) is 4.33. The first-order valence-corrected chi connectivity index (χ1v) is 7.10. The van der Waals surface area contributed by atoms with E-state index >= 15 is 0 Å². The average Bonchev–Trinajstić information content (AvgIpc) is 3.10. The normalized spacial score (nSPS) is 10.3. The highest BCUT2D eigenvalue weighted by molar-refractivity contribution is 5.62. The molecule has 0 aliphatic heterocycles. The van der Waals surface area contributed by atoms with Crippen molar-refractivity contribution in [1.82, 2.24) is 10.1 Å². The van der Waals surface area contributed by atoms with Gasteiger partial charge in [0, 0.05) is 23.3 Å². The van der Waals surface area contributed by atoms with Crippen molar-refractivity contribution in [3.63, 3.8) is 0 Å². The van der Waals surface area contributed by atoms with Crippen LogP contribution >= 0.6 is 0 Å². The highest BCUT2D eigenvalue weighted by atomic mass is 16.6. The Labute approximate surface area is 137 Å². The van der Waals surface area contributed by atoms with E-state index in [2.05, 4.69) is 16.7 Å². The molecule has 120 valence electrons. The molecule has 0 spiro atoms. The minimum Gasteiger partial charge on any atom is -0.490 e. The van der Waals surface area contributed by atoms with Crippen LogP contribution in [0.25, 0.3) is 22.8 Å². The third kappa shape index (κ3) is 3.30. The van der Waals surface area contributed by atoms with Crippen LogP contribution in [0.5, 0.6) is 5.75 Å². The molecule has 0 unspecified atom stereocenters. The molecule has 0 fully saturated rings. The van der Waals surface area contributed by atoms with Gasteiger partial charge in [-0.1, -0.05) is 23.9 Å². The molecule has 3 aromatic rings. The van der Waals surface area contributed by atoms with Crippen LogP contribution in [-0.4, -0.2) is 21.7 Å². The third-order valence-electron chi connectivity index (χ3n) is 3.21. The zero-order valence-corrected chi connectivity index (χ0v) is 12.6. The molecule has 7 nitrogen and oxygen atoms in total. The van der Waals surface area contributed by atoms with Gasteiger partial charge in [0.05, 0.1) is 4.92 Å². The predicted octanol–water partition coefficient (Wildman–Crippen LogP) is 3.88. The van der Waals surface area contributed by atoms with E-state index in [0.29, 0.717) is 23.7 Å². The summed E-state index contributed by atoms with van der Waals surface area (Å²) in [4.78, 5) is 14.7. The van der Waals surface area contributed by atoms with Gasteiger partial charge in [0.25, 0.3) is 11.6 Å². The summed E-state index contributed by atoms with van der Waals surface area (Å²) in [7, 11) is 0. The lowest BCUT2D eigenvalue weighted by Crippen LogP contribution is -1.92. The van der Waals surface area contributed by atoms with Crippen LogP contribution in [-0.2, 0) is 0 Å². The minimum absolute atomic E-state index is 0.0315. The first kappa shape index (κ1) is 15.4. The van der Waals surface area contributed by atoms with E-state index in [1.54, 1.807) is 42.5 Å². The third-order valence-corrected chi connectivity index (χ3v) is 3.21. The molecule has 0 bridgehead atoms. The number of hydrogen-bond acceptors (Lipinski definition) is 6. The summed E-state index contributed by atoms with van der Waals surface area (Å²) in [5.41, 5.74) is 1.21. The monoisotopic (exact) mass is 323 g/mol. The second kappa shape index (κ2) is 6.74. The van der Waals surface area contributed by atoms with Crippen LogP contribution in [0.2, 0.25) is 0 Å². The fraction of sp³-hybridized carbons (Fsp3) is 0.0588. The summed E-state index contributed by atoms with van der Waals surface area (Å²) in [6.45, 7) is 4.02. The molecule has 1 aromatic heterocycles. The summed E-state index contributed by atoms with van der Waals surface area (Å²) in [6, 6.07) is 13.2. The standard InChI is InChI=1S/C17H13N3O4/c1-2-10-23-15-8-6-12(7-9-15)16-18-17(24-19-16)13-4-3-5-14(11-13)20(21)22/h2-9,11H,1,10H2. The topological polar surface area (TPSA) is 91.3 Å². The fourth-order valence-corrected chi connectivity index (χ4v) is 2.07. The molecule has 0 saturated carbocycles. The van der Waals surface area contributed by atoms with E-state index in [1.807, 2.05) is 0 Å². The summed E-state index contributed by atoms with van der Waals surface area (Å²) < 4.78 is 10.6. The maximum atomic E-state index is 10.8. The smallest absolute Gasteiger partial charge is 0.270 e. The van der Waals surface area contributed by atoms with Crippen LogP contribution in [0.15, 0.2) is 65.7 Å². The van der Waals surface area contributed by atoms with Crippen molar-refractivity contribution in [1.29, 1.82) is 0 Å². The molecule has 1 heterocycles. The quantitative estimate of drug-likeness (QED) is 0.388. The SMILES string of the molecule is C=CCOc1ccc(-c2noc(-c3cccc([N+](=O)[O-])c3)n2)cc1. The van der Waals surface area contributed by atoms with Gasteiger partial charge in [-0.3, -0.25) is 10.1 Å². The van der Waals surface area contributed by atoms with Crippen molar-refractivity contribution in [2.75, 3.05) is 6.61 Å². The first-order valence-electron chi connectivity index (χ1n) is 7.10. The Morgan fingerprint density at radius 3 is 2.71 bits per heavy atom. The van der Waals surface area contributed by atoms with Crippen molar-refractivity contribution >= 4 is 5.69 Å². The molecule has 0 N–H and O–H groups in total. The number of aromatic nitrogens is 2. The summed E-state index contributed by atoms with van der Waals surface area (Å²) >= 11 is 0. The minimum atomic E-state index is -0.469. The van der Waals surface area contributed by atoms with E-state index in [-0.39, 0.29) is 11.6 Å². The molecule has 24 heavy (non-hydrogen) atoms. The Balaban J connectivity index is 1.84. The number of hydrogen-bond donors (Lipinski definition) is 0. The maximum absolute atomic E-state index is 10.8. The second-order valence-electron chi connectivity index (χ2n) is 4.85. The van der Waals surface area contributed by atoms with Crippen molar-refractivity contribution in [2.45, 2.75) is 0 Å². The summed E-state index contributed by atoms with van der Waals surface area (Å²) in [5, 5.41) is 14.8. The van der Waals surface area contributed by atoms with Gasteiger partial charge in [-0.05, 0) is 30.3 Å². The van der Waals surface area contributed by atoms with Crippen molar-refractivity contribution in [3.05, 3.63) is 71.3 Å². The Bertz CT molecular complexity index is 872. The van der Waals surface area contributed by atoms with Gasteiger partial charge in [-0.25, -0.2) is 0 Å². The van der Waals surface area contributed by atoms with E-state index in [1.165, 1.54) is 12.1 Å². The molecule has 0 aliphatic rings. The summed E-state index contributed by atoms with van der Waals surface area (Å²) in [5.74, 6) is 1.33. The van der Waals surface area contributed by atoms with Crippen molar-refractivity contribution < 1.29 is 14.2 Å². The van der Waals surface area contributed by atoms with E-state index in [9.17, 15) is 10.1 Å². The van der Waals surface area contributed by atoms with E-state index in [0.717, 1.165) is 5.56 Å². The van der Waals surface area contributed by atoms with Gasteiger partial charge < -0.3 is 9.26 Å². The number of nitro groups is 1. The maximum Gasteiger partial charge on any atom is 0.270 e. The first-order chi connectivity index (χ1) is 11.7. The van der Waals surface area contributed by atoms with Crippen LogP contribution in [0, 0.1) is 10.1 Å². The predicted molar refractivity (Wildman–Crippen MR) is 87.5 cm³/mol. The lowest BCUT2D eigenvalue weighted by Gasteiger charge is -2.02. The molecule has 0 atom stereocenters. The molecule has 0 radical (unpaired) electrons. The molecular formula is C17H13N3O4. The van der Waals surface area contributed by atoms with Gasteiger partial charge in [0.2, 0.25) is 5.82 Å². The Morgan fingerprint density at radius 1 is 1.21 bits per heavy atom. The molecule has 7 heteroatoms. The number of rotatable bonds is 6. The van der Waals surface area contributed by atoms with Crippen LogP contribution < -0.4 is 4.74 Å². The molecule has 2 aromatic carbocycles. The largest absolute Gasteiger partial charge is 0.490 e. The van der Waals surface area contributed by atoms with Crippen LogP contribution in [0.3, 0.4) is 0 Å². The lowest BCUT2D eigenvalue weighted by molar-refractivity contribution is -0.384. The molecule has 3 rings (SSSR count). The number of nitrogens with zero attached hydrogens (tertiary/aromatic N) is 3. The van der Waals surface area contributed by atoms with Gasteiger partial charge in [0.1, 0.15) is 12.4 Å². The Morgan fingerprint density at radius 2 is 2.00 bits per heavy atom. The highest BCUT2D eigenvalue weighted by Gasteiger charge is 2.14. The molecule has 0 saturated heterocycles. The lowest BCUT2D eigenvalue weighted by atomic mass is 10.2. The molecular weight excluding hydrogens is 310 g/mol.